The topological polar surface area (TPSA) is 46.7 Å². The molecule has 2 aromatic carbocycles. The molecule has 132 valence electrons. The fourth-order valence-corrected chi connectivity index (χ4v) is 5.02. The molecule has 3 aliphatic rings. The molecule has 0 bridgehead atoms. The van der Waals surface area contributed by atoms with Crippen molar-refractivity contribution >= 4 is 11.6 Å². The van der Waals surface area contributed by atoms with Crippen molar-refractivity contribution in [3.63, 3.8) is 0 Å². The van der Waals surface area contributed by atoms with E-state index in [4.69, 9.17) is 4.74 Å². The smallest absolute Gasteiger partial charge is 0.198 e. The van der Waals surface area contributed by atoms with Gasteiger partial charge in [0.25, 0.3) is 0 Å². The molecule has 1 saturated heterocycles. The molecule has 0 N–H and O–H groups in total. The van der Waals surface area contributed by atoms with Crippen LogP contribution in [0.25, 0.3) is 0 Å². The summed E-state index contributed by atoms with van der Waals surface area (Å²) in [6, 6.07) is 15.9. The maximum Gasteiger partial charge on any atom is 0.198 e. The zero-order valence-electron chi connectivity index (χ0n) is 14.9. The average Bonchev–Trinajstić information content (AvgIpc) is 3.45. The third-order valence-corrected chi connectivity index (χ3v) is 6.56. The van der Waals surface area contributed by atoms with Crippen LogP contribution in [-0.2, 0) is 4.74 Å². The van der Waals surface area contributed by atoms with Crippen molar-refractivity contribution in [2.45, 2.75) is 50.2 Å². The summed E-state index contributed by atoms with van der Waals surface area (Å²) < 4.78 is 5.87. The van der Waals surface area contributed by atoms with Crippen LogP contribution in [0.2, 0.25) is 0 Å². The molecule has 2 atom stereocenters. The highest BCUT2D eigenvalue weighted by Gasteiger charge is 2.72. The fourth-order valence-electron chi connectivity index (χ4n) is 5.02. The van der Waals surface area contributed by atoms with Gasteiger partial charge in [-0.25, -0.2) is 0 Å². The number of rotatable bonds is 2. The van der Waals surface area contributed by atoms with Gasteiger partial charge in [0.05, 0.1) is 0 Å². The van der Waals surface area contributed by atoms with Crippen molar-refractivity contribution in [1.82, 2.24) is 0 Å². The zero-order valence-corrected chi connectivity index (χ0v) is 14.9. The summed E-state index contributed by atoms with van der Waals surface area (Å²) in [7, 11) is 0. The number of Topliss-reactive ketones (excluding diaryl/α,β-unsaturated/α-hetero) is 2. The van der Waals surface area contributed by atoms with Crippen molar-refractivity contribution < 1.29 is 14.3 Å². The van der Waals surface area contributed by atoms with Gasteiger partial charge in [0.2, 0.25) is 0 Å². The van der Waals surface area contributed by atoms with E-state index in [1.54, 1.807) is 12.1 Å². The Morgan fingerprint density at radius 1 is 0.885 bits per heavy atom. The van der Waals surface area contributed by atoms with Gasteiger partial charge in [-0.1, -0.05) is 54.1 Å². The Hall–Kier alpha value is -2.26. The summed E-state index contributed by atoms with van der Waals surface area (Å²) in [6.45, 7) is 2.11. The number of carbonyl (C=O) groups excluding carboxylic acids is 2. The van der Waals surface area contributed by atoms with Crippen molar-refractivity contribution in [3.05, 3.63) is 70.8 Å². The van der Waals surface area contributed by atoms with E-state index in [0.717, 1.165) is 25.7 Å². The van der Waals surface area contributed by atoms with E-state index in [9.17, 15) is 9.59 Å². The molecule has 1 aliphatic heterocycles. The number of fused-ring (bicyclic) bond motifs is 2. The summed E-state index contributed by atoms with van der Waals surface area (Å²) >= 11 is 0. The van der Waals surface area contributed by atoms with E-state index in [2.05, 4.69) is 31.2 Å². The molecule has 1 heterocycles. The van der Waals surface area contributed by atoms with E-state index in [0.29, 0.717) is 17.0 Å². The average molecular weight is 346 g/mol. The standard InChI is InChI=1S/C23H22O3/c1-14-6-8-15(9-7-14)16-10-12-17(13-11-16)23-21(25)19-5-3-2-4-18(19)20(24)22(23)26-23/h2-9,16-17,22H,10-13H2,1H3. The lowest BCUT2D eigenvalue weighted by atomic mass is 9.67. The molecule has 2 unspecified atom stereocenters. The van der Waals surface area contributed by atoms with Crippen LogP contribution >= 0.6 is 0 Å². The van der Waals surface area contributed by atoms with E-state index in [1.165, 1.54) is 11.1 Å². The molecule has 3 heteroatoms. The van der Waals surface area contributed by atoms with Crippen LogP contribution in [0.5, 0.6) is 0 Å². The quantitative estimate of drug-likeness (QED) is 0.753. The van der Waals surface area contributed by atoms with Crippen LogP contribution in [-0.4, -0.2) is 23.3 Å². The van der Waals surface area contributed by atoms with Gasteiger partial charge >= 0.3 is 0 Å². The minimum atomic E-state index is -0.871. The predicted molar refractivity (Wildman–Crippen MR) is 98.6 cm³/mol. The van der Waals surface area contributed by atoms with Gasteiger partial charge < -0.3 is 4.74 Å². The van der Waals surface area contributed by atoms with Crippen molar-refractivity contribution in [1.29, 1.82) is 0 Å². The summed E-state index contributed by atoms with van der Waals surface area (Å²) in [5.41, 5.74) is 2.87. The molecule has 0 aromatic heterocycles. The van der Waals surface area contributed by atoms with Crippen LogP contribution in [0.3, 0.4) is 0 Å². The van der Waals surface area contributed by atoms with Crippen LogP contribution in [0.15, 0.2) is 48.5 Å². The van der Waals surface area contributed by atoms with E-state index >= 15 is 0 Å². The molecule has 26 heavy (non-hydrogen) atoms. The third-order valence-electron chi connectivity index (χ3n) is 6.56. The van der Waals surface area contributed by atoms with Crippen molar-refractivity contribution in [3.8, 4) is 0 Å². The highest BCUT2D eigenvalue weighted by Crippen LogP contribution is 2.55. The second-order valence-corrected chi connectivity index (χ2v) is 7.99. The molecule has 2 fully saturated rings. The Morgan fingerprint density at radius 2 is 1.54 bits per heavy atom. The van der Waals surface area contributed by atoms with Crippen LogP contribution in [0.4, 0.5) is 0 Å². The lowest BCUT2D eigenvalue weighted by Crippen LogP contribution is -2.43. The third kappa shape index (κ3) is 2.16. The summed E-state index contributed by atoms with van der Waals surface area (Å²) in [6.07, 6.45) is 3.43. The number of hydrogen-bond donors (Lipinski definition) is 0. The number of ketones is 2. The first-order valence-electron chi connectivity index (χ1n) is 9.53. The Kier molecular flexibility index (Phi) is 3.45. The van der Waals surface area contributed by atoms with Gasteiger partial charge in [-0.05, 0) is 50.0 Å². The summed E-state index contributed by atoms with van der Waals surface area (Å²) in [4.78, 5) is 25.8. The van der Waals surface area contributed by atoms with Gasteiger partial charge in [-0.2, -0.15) is 0 Å². The molecule has 1 saturated carbocycles. The zero-order chi connectivity index (χ0) is 17.9. The van der Waals surface area contributed by atoms with Gasteiger partial charge in [0.1, 0.15) is 0 Å². The lowest BCUT2D eigenvalue weighted by molar-refractivity contribution is 0.0748. The maximum atomic E-state index is 13.1. The fraction of sp³-hybridized carbons (Fsp3) is 0.391. The van der Waals surface area contributed by atoms with E-state index < -0.39 is 11.7 Å². The second-order valence-electron chi connectivity index (χ2n) is 7.99. The predicted octanol–water partition coefficient (Wildman–Crippen LogP) is 4.49. The van der Waals surface area contributed by atoms with Crippen molar-refractivity contribution in [2.24, 2.45) is 5.92 Å². The molecular weight excluding hydrogens is 324 g/mol. The van der Waals surface area contributed by atoms with Gasteiger partial charge in [-0.15, -0.1) is 0 Å². The largest absolute Gasteiger partial charge is 0.348 e. The van der Waals surface area contributed by atoms with Gasteiger partial charge in [0.15, 0.2) is 23.3 Å². The number of ether oxygens (including phenoxy) is 1. The van der Waals surface area contributed by atoms with E-state index in [-0.39, 0.29) is 17.5 Å². The monoisotopic (exact) mass is 346 g/mol. The SMILES string of the molecule is Cc1ccc(C2CCC(C34OC3C(=O)c3ccccc3C4=O)CC2)cc1. The molecule has 3 nitrogen and oxygen atoms in total. The molecule has 0 radical (unpaired) electrons. The Morgan fingerprint density at radius 3 is 2.23 bits per heavy atom. The summed E-state index contributed by atoms with van der Waals surface area (Å²) in [5.74, 6) is 0.707. The first-order chi connectivity index (χ1) is 12.6. The molecule has 0 spiro atoms. The van der Waals surface area contributed by atoms with Gasteiger partial charge in [-0.3, -0.25) is 9.59 Å². The molecule has 2 aliphatic carbocycles. The maximum absolute atomic E-state index is 13.1. The summed E-state index contributed by atoms with van der Waals surface area (Å²) in [5, 5.41) is 0. The van der Waals surface area contributed by atoms with Crippen LogP contribution in [0, 0.1) is 12.8 Å². The Balaban J connectivity index is 1.37. The number of benzene rings is 2. The highest BCUT2D eigenvalue weighted by molar-refractivity contribution is 6.23. The highest BCUT2D eigenvalue weighted by atomic mass is 16.6. The number of aryl methyl sites for hydroxylation is 1. The number of carbonyl (C=O) groups is 2. The molecule has 0 amide bonds. The van der Waals surface area contributed by atoms with Crippen molar-refractivity contribution in [2.75, 3.05) is 0 Å². The Labute approximate surface area is 153 Å². The minimum absolute atomic E-state index is 0.0131. The first kappa shape index (κ1) is 16.0. The lowest BCUT2D eigenvalue weighted by Gasteiger charge is -2.33. The van der Waals surface area contributed by atoms with E-state index in [1.807, 2.05) is 12.1 Å². The van der Waals surface area contributed by atoms with Crippen LogP contribution < -0.4 is 0 Å². The second kappa shape index (κ2) is 5.62. The van der Waals surface area contributed by atoms with Gasteiger partial charge in [0, 0.05) is 11.1 Å². The number of hydrogen-bond acceptors (Lipinski definition) is 3. The van der Waals surface area contributed by atoms with Crippen LogP contribution in [0.1, 0.15) is 63.4 Å². The molecule has 5 rings (SSSR count). The first-order valence-corrected chi connectivity index (χ1v) is 9.53. The minimum Gasteiger partial charge on any atom is -0.348 e. The number of epoxide rings is 1. The molecule has 2 aromatic rings. The Bertz CT molecular complexity index is 890. The molecular formula is C23H22O3. The normalized spacial score (nSPS) is 32.7.